The highest BCUT2D eigenvalue weighted by Crippen LogP contribution is 2.51. The van der Waals surface area contributed by atoms with Crippen LogP contribution in [0.5, 0.6) is 11.5 Å². The Bertz CT molecular complexity index is 2000. The predicted octanol–water partition coefficient (Wildman–Crippen LogP) is 7.63. The fourth-order valence-corrected chi connectivity index (χ4v) is 7.28. The van der Waals surface area contributed by atoms with E-state index in [1.165, 1.54) is 0 Å². The molecule has 0 saturated carbocycles. The molecule has 2 aliphatic heterocycles. The second-order valence-corrected chi connectivity index (χ2v) is 13.4. The number of benzene rings is 4. The molecule has 4 aromatic rings. The molecule has 1 aliphatic carbocycles. The number of ether oxygens (including phenoxy) is 4. The van der Waals surface area contributed by atoms with E-state index in [-0.39, 0.29) is 18.6 Å². The summed E-state index contributed by atoms with van der Waals surface area (Å²) in [5, 5.41) is 0. The van der Waals surface area contributed by atoms with Gasteiger partial charge in [0, 0.05) is 5.56 Å². The van der Waals surface area contributed by atoms with Crippen LogP contribution in [0.1, 0.15) is 77.4 Å². The van der Waals surface area contributed by atoms with Crippen LogP contribution in [-0.2, 0) is 28.7 Å². The Morgan fingerprint density at radius 1 is 0.635 bits per heavy atom. The minimum absolute atomic E-state index is 0.0250. The lowest BCUT2D eigenvalue weighted by Crippen LogP contribution is -2.31. The van der Waals surface area contributed by atoms with Crippen molar-refractivity contribution >= 4 is 35.7 Å². The summed E-state index contributed by atoms with van der Waals surface area (Å²) in [5.41, 5.74) is 5.14. The van der Waals surface area contributed by atoms with Crippen LogP contribution < -0.4 is 9.47 Å². The molecular weight excluding hydrogens is 660 g/mol. The van der Waals surface area contributed by atoms with Gasteiger partial charge in [-0.05, 0) is 96.2 Å². The van der Waals surface area contributed by atoms with Gasteiger partial charge in [0.25, 0.3) is 0 Å². The van der Waals surface area contributed by atoms with Gasteiger partial charge in [0.1, 0.15) is 11.5 Å². The van der Waals surface area contributed by atoms with Gasteiger partial charge in [-0.2, -0.15) is 0 Å². The van der Waals surface area contributed by atoms with E-state index < -0.39 is 47.5 Å². The lowest BCUT2D eigenvalue weighted by molar-refractivity contribution is -0.155. The van der Waals surface area contributed by atoms with Gasteiger partial charge < -0.3 is 18.9 Å². The molecule has 0 aromatic heterocycles. The van der Waals surface area contributed by atoms with Crippen molar-refractivity contribution in [2.24, 2.45) is 11.8 Å². The van der Waals surface area contributed by atoms with Crippen LogP contribution in [0.2, 0.25) is 0 Å². The second-order valence-electron chi connectivity index (χ2n) is 13.4. The molecule has 3 aliphatic rings. The van der Waals surface area contributed by atoms with Gasteiger partial charge in [-0.25, -0.2) is 0 Å². The maximum absolute atomic E-state index is 12.6. The van der Waals surface area contributed by atoms with Gasteiger partial charge in [-0.15, -0.1) is 0 Å². The maximum Gasteiger partial charge on any atom is 0.321 e. The van der Waals surface area contributed by atoms with Gasteiger partial charge in [0.05, 0.1) is 37.4 Å². The fourth-order valence-electron chi connectivity index (χ4n) is 7.28. The van der Waals surface area contributed by atoms with Gasteiger partial charge in [0.15, 0.2) is 5.78 Å². The Balaban J connectivity index is 0.836. The maximum atomic E-state index is 12.6. The summed E-state index contributed by atoms with van der Waals surface area (Å²) in [7, 11) is 0. The molecule has 9 nitrogen and oxygen atoms in total. The van der Waals surface area contributed by atoms with E-state index >= 15 is 0 Å². The minimum atomic E-state index is -0.745. The molecule has 2 heterocycles. The summed E-state index contributed by atoms with van der Waals surface area (Å²) in [6.45, 7) is 1.08. The highest BCUT2D eigenvalue weighted by Gasteiger charge is 2.53. The van der Waals surface area contributed by atoms with Crippen molar-refractivity contribution in [3.05, 3.63) is 125 Å². The average Bonchev–Trinajstić information content (AvgIpc) is 3.66. The summed E-state index contributed by atoms with van der Waals surface area (Å²) in [6, 6.07) is 30.7. The highest BCUT2D eigenvalue weighted by atomic mass is 16.6. The van der Waals surface area contributed by atoms with E-state index in [0.29, 0.717) is 30.1 Å². The van der Waals surface area contributed by atoms with Gasteiger partial charge in [-0.1, -0.05) is 78.9 Å². The number of fused-ring (bicyclic) bond motifs is 3. The number of rotatable bonds is 14. The van der Waals surface area contributed by atoms with Crippen LogP contribution in [-0.4, -0.2) is 42.9 Å². The Morgan fingerprint density at radius 3 is 1.94 bits per heavy atom. The SMILES string of the molecule is O=C1CC(C2CC3C(=O)OC(=O)C3c3cc(OCCCCCCOc4ccc(-c5ccc(/C=C/C(=O)c6ccccc6)cc5)cc4)ccc32)C(=O)O1. The number of unbranched alkanes of at least 4 members (excludes halogenated alkanes) is 3. The third-order valence-electron chi connectivity index (χ3n) is 10.0. The summed E-state index contributed by atoms with van der Waals surface area (Å²) in [6.07, 6.45) is 7.27. The molecule has 0 N–H and O–H groups in total. The number of carbonyl (C=O) groups excluding carboxylic acids is 5. The molecule has 2 saturated heterocycles. The third-order valence-corrected chi connectivity index (χ3v) is 10.0. The quantitative estimate of drug-likeness (QED) is 0.0430. The third kappa shape index (κ3) is 7.73. The minimum Gasteiger partial charge on any atom is -0.494 e. The molecular formula is C43H38O9. The van der Waals surface area contributed by atoms with E-state index in [2.05, 4.69) is 0 Å². The number of ketones is 1. The monoisotopic (exact) mass is 698 g/mol. The van der Waals surface area contributed by atoms with Crippen molar-refractivity contribution in [2.75, 3.05) is 13.2 Å². The summed E-state index contributed by atoms with van der Waals surface area (Å²) in [4.78, 5) is 61.6. The predicted molar refractivity (Wildman–Crippen MR) is 191 cm³/mol. The normalized spacial score (nSPS) is 20.7. The van der Waals surface area contributed by atoms with Crippen LogP contribution >= 0.6 is 0 Å². The van der Waals surface area contributed by atoms with Crippen LogP contribution in [0.3, 0.4) is 0 Å². The average molecular weight is 699 g/mol. The zero-order chi connectivity index (χ0) is 36.0. The Labute approximate surface area is 301 Å². The van der Waals surface area contributed by atoms with Crippen LogP contribution in [0.4, 0.5) is 0 Å². The molecule has 52 heavy (non-hydrogen) atoms. The highest BCUT2D eigenvalue weighted by molar-refractivity contribution is 6.06. The summed E-state index contributed by atoms with van der Waals surface area (Å²) in [5.74, 6) is -3.56. The number of cyclic esters (lactones) is 4. The van der Waals surface area contributed by atoms with Crippen molar-refractivity contribution in [1.29, 1.82) is 0 Å². The topological polar surface area (TPSA) is 122 Å². The Hall–Kier alpha value is -5.83. The molecule has 4 aromatic carbocycles. The van der Waals surface area contributed by atoms with E-state index in [9.17, 15) is 24.0 Å². The van der Waals surface area contributed by atoms with Crippen LogP contribution in [0, 0.1) is 11.8 Å². The molecule has 9 heteroatoms. The van der Waals surface area contributed by atoms with Gasteiger partial charge in [0.2, 0.25) is 0 Å². The standard InChI is InChI=1S/C43H38O9/c44-38(30-8-4-3-5-9-30)21-12-27-10-13-28(14-11-27)29-15-17-31(18-16-29)49-22-6-1-2-7-23-50-32-19-20-33-34(36-26-39(45)51-41(36)46)25-37-40(35(33)24-32)43(48)52-42(37)47/h3-5,8-21,24,34,36-37,40H,1-2,6-7,22-23,25-26H2/b21-12+. The zero-order valence-electron chi connectivity index (χ0n) is 28.5. The second kappa shape index (κ2) is 15.6. The van der Waals surface area contributed by atoms with Crippen molar-refractivity contribution < 1.29 is 42.9 Å². The van der Waals surface area contributed by atoms with Crippen molar-refractivity contribution in [2.45, 2.75) is 50.4 Å². The number of esters is 4. The molecule has 0 amide bonds. The van der Waals surface area contributed by atoms with Crippen molar-refractivity contribution in [1.82, 2.24) is 0 Å². The molecule has 2 fully saturated rings. The lowest BCUT2D eigenvalue weighted by Gasteiger charge is -2.33. The molecule has 7 rings (SSSR count). The summed E-state index contributed by atoms with van der Waals surface area (Å²) >= 11 is 0. The van der Waals surface area contributed by atoms with Gasteiger partial charge in [-0.3, -0.25) is 24.0 Å². The fraction of sp³-hybridized carbons (Fsp3) is 0.279. The molecule has 4 unspecified atom stereocenters. The molecule has 0 spiro atoms. The Morgan fingerprint density at radius 2 is 1.27 bits per heavy atom. The first-order valence-corrected chi connectivity index (χ1v) is 17.7. The van der Waals surface area contributed by atoms with E-state index in [1.54, 1.807) is 30.3 Å². The first-order valence-electron chi connectivity index (χ1n) is 17.7. The molecule has 264 valence electrons. The van der Waals surface area contributed by atoms with E-state index in [1.807, 2.05) is 78.9 Å². The number of allylic oxidation sites excluding steroid dienone is 1. The zero-order valence-corrected chi connectivity index (χ0v) is 28.5. The Kier molecular flexibility index (Phi) is 10.4. The largest absolute Gasteiger partial charge is 0.494 e. The smallest absolute Gasteiger partial charge is 0.321 e. The molecule has 4 atom stereocenters. The van der Waals surface area contributed by atoms with Crippen molar-refractivity contribution in [3.63, 3.8) is 0 Å². The van der Waals surface area contributed by atoms with E-state index in [4.69, 9.17) is 18.9 Å². The van der Waals surface area contributed by atoms with Crippen LogP contribution in [0.25, 0.3) is 17.2 Å². The van der Waals surface area contributed by atoms with E-state index in [0.717, 1.165) is 53.7 Å². The molecule has 0 bridgehead atoms. The van der Waals surface area contributed by atoms with Gasteiger partial charge >= 0.3 is 23.9 Å². The van der Waals surface area contributed by atoms with Crippen LogP contribution in [0.15, 0.2) is 103 Å². The number of carbonyl (C=O) groups is 5. The number of hydrogen-bond donors (Lipinski definition) is 0. The summed E-state index contributed by atoms with van der Waals surface area (Å²) < 4.78 is 21.7. The first kappa shape index (κ1) is 34.6. The number of hydrogen-bond acceptors (Lipinski definition) is 9. The molecule has 0 radical (unpaired) electrons. The van der Waals surface area contributed by atoms with Crippen molar-refractivity contribution in [3.8, 4) is 22.6 Å². The first-order chi connectivity index (χ1) is 25.3. The lowest BCUT2D eigenvalue weighted by atomic mass is 9.67.